The van der Waals surface area contributed by atoms with Gasteiger partial charge in [-0.25, -0.2) is 0 Å². The molecule has 2 N–H and O–H groups in total. The van der Waals surface area contributed by atoms with E-state index in [0.717, 1.165) is 16.6 Å². The van der Waals surface area contributed by atoms with E-state index in [1.54, 1.807) is 24.4 Å². The Morgan fingerprint density at radius 2 is 2.10 bits per heavy atom. The van der Waals surface area contributed by atoms with Crippen LogP contribution in [-0.4, -0.2) is 16.1 Å². The molecule has 0 radical (unpaired) electrons. The number of H-pyrrole nitrogens is 1. The molecule has 0 unspecified atom stereocenters. The average molecular weight is 351 g/mol. The van der Waals surface area contributed by atoms with E-state index in [2.05, 4.69) is 31.4 Å². The molecule has 0 bridgehead atoms. The van der Waals surface area contributed by atoms with E-state index in [1.165, 1.54) is 0 Å². The molecule has 1 aromatic heterocycles. The van der Waals surface area contributed by atoms with Gasteiger partial charge < -0.3 is 5.32 Å². The summed E-state index contributed by atoms with van der Waals surface area (Å²) >= 11 is 9.21. The standard InChI is InChI=1S/C14H9BrClN3O/c15-11-6-8(1-3-12(11)16)14(20)18-10-2-4-13-9(5-10)7-17-19-13/h1-7H,(H,17,19)(H,18,20). The molecule has 0 saturated carbocycles. The number of amides is 1. The van der Waals surface area contributed by atoms with Gasteiger partial charge in [0, 0.05) is 21.1 Å². The SMILES string of the molecule is O=C(Nc1ccc2[nH]ncc2c1)c1ccc(Cl)c(Br)c1. The van der Waals surface area contributed by atoms with E-state index in [-0.39, 0.29) is 5.91 Å². The highest BCUT2D eigenvalue weighted by Crippen LogP contribution is 2.24. The van der Waals surface area contributed by atoms with E-state index in [0.29, 0.717) is 15.1 Å². The second-order valence-corrected chi connectivity index (χ2v) is 5.52. The zero-order valence-electron chi connectivity index (χ0n) is 10.2. The molecule has 0 aliphatic rings. The first-order valence-corrected chi connectivity index (χ1v) is 7.00. The van der Waals surface area contributed by atoms with Gasteiger partial charge in [-0.3, -0.25) is 9.89 Å². The van der Waals surface area contributed by atoms with Crippen molar-refractivity contribution < 1.29 is 4.79 Å². The van der Waals surface area contributed by atoms with Crippen LogP contribution in [0.3, 0.4) is 0 Å². The van der Waals surface area contributed by atoms with Crippen LogP contribution in [0.15, 0.2) is 47.1 Å². The Kier molecular flexibility index (Phi) is 3.46. The number of rotatable bonds is 2. The molecule has 3 rings (SSSR count). The second kappa shape index (κ2) is 5.26. The minimum atomic E-state index is -0.190. The zero-order valence-corrected chi connectivity index (χ0v) is 12.5. The molecule has 0 aliphatic heterocycles. The van der Waals surface area contributed by atoms with Gasteiger partial charge in [-0.1, -0.05) is 11.6 Å². The van der Waals surface area contributed by atoms with Crippen LogP contribution in [0, 0.1) is 0 Å². The minimum absolute atomic E-state index is 0.190. The van der Waals surface area contributed by atoms with Gasteiger partial charge in [-0.2, -0.15) is 5.10 Å². The number of hydrogen-bond acceptors (Lipinski definition) is 2. The normalized spacial score (nSPS) is 10.7. The Hall–Kier alpha value is -1.85. The minimum Gasteiger partial charge on any atom is -0.322 e. The average Bonchev–Trinajstić information content (AvgIpc) is 2.89. The van der Waals surface area contributed by atoms with Crippen LogP contribution in [0.4, 0.5) is 5.69 Å². The third-order valence-corrected chi connectivity index (χ3v) is 4.09. The summed E-state index contributed by atoms with van der Waals surface area (Å²) in [5.74, 6) is -0.190. The fraction of sp³-hybridized carbons (Fsp3) is 0. The summed E-state index contributed by atoms with van der Waals surface area (Å²) in [4.78, 5) is 12.2. The van der Waals surface area contributed by atoms with Crippen LogP contribution in [0.2, 0.25) is 5.02 Å². The molecule has 3 aromatic rings. The third kappa shape index (κ3) is 2.55. The number of carbonyl (C=O) groups excluding carboxylic acids is 1. The summed E-state index contributed by atoms with van der Waals surface area (Å²) in [6, 6.07) is 10.6. The van der Waals surface area contributed by atoms with Crippen molar-refractivity contribution in [2.24, 2.45) is 0 Å². The van der Waals surface area contributed by atoms with Gasteiger partial charge in [0.25, 0.3) is 5.91 Å². The maximum absolute atomic E-state index is 12.2. The summed E-state index contributed by atoms with van der Waals surface area (Å²) < 4.78 is 0.692. The molecule has 0 spiro atoms. The number of nitrogens with one attached hydrogen (secondary N) is 2. The molecule has 0 atom stereocenters. The number of anilines is 1. The van der Waals surface area contributed by atoms with Crippen molar-refractivity contribution >= 4 is 50.0 Å². The molecular weight excluding hydrogens is 342 g/mol. The topological polar surface area (TPSA) is 57.8 Å². The summed E-state index contributed by atoms with van der Waals surface area (Å²) in [5.41, 5.74) is 2.18. The van der Waals surface area contributed by atoms with Crippen molar-refractivity contribution in [2.75, 3.05) is 5.32 Å². The lowest BCUT2D eigenvalue weighted by Crippen LogP contribution is -2.11. The zero-order chi connectivity index (χ0) is 14.1. The Labute approximate surface area is 128 Å². The lowest BCUT2D eigenvalue weighted by molar-refractivity contribution is 0.102. The number of nitrogens with zero attached hydrogens (tertiary/aromatic N) is 1. The van der Waals surface area contributed by atoms with Gasteiger partial charge in [0.1, 0.15) is 0 Å². The van der Waals surface area contributed by atoms with E-state index in [1.807, 2.05) is 18.2 Å². The molecule has 20 heavy (non-hydrogen) atoms. The van der Waals surface area contributed by atoms with Gasteiger partial charge >= 0.3 is 0 Å². The molecular formula is C14H9BrClN3O. The first kappa shape index (κ1) is 13.1. The van der Waals surface area contributed by atoms with Crippen LogP contribution in [-0.2, 0) is 0 Å². The highest BCUT2D eigenvalue weighted by Gasteiger charge is 2.08. The molecule has 1 amide bonds. The van der Waals surface area contributed by atoms with E-state index < -0.39 is 0 Å². The summed E-state index contributed by atoms with van der Waals surface area (Å²) in [7, 11) is 0. The van der Waals surface area contributed by atoms with Gasteiger partial charge in [0.2, 0.25) is 0 Å². The predicted molar refractivity (Wildman–Crippen MR) is 83.2 cm³/mol. The Morgan fingerprint density at radius 1 is 1.25 bits per heavy atom. The molecule has 6 heteroatoms. The first-order valence-electron chi connectivity index (χ1n) is 5.83. The molecule has 1 heterocycles. The molecule has 0 saturated heterocycles. The lowest BCUT2D eigenvalue weighted by atomic mass is 10.2. The van der Waals surface area contributed by atoms with Crippen molar-refractivity contribution in [3.05, 3.63) is 57.7 Å². The Balaban J connectivity index is 1.85. The number of hydrogen-bond donors (Lipinski definition) is 2. The van der Waals surface area contributed by atoms with Crippen LogP contribution in [0.25, 0.3) is 10.9 Å². The van der Waals surface area contributed by atoms with E-state index >= 15 is 0 Å². The first-order chi connectivity index (χ1) is 9.63. The molecule has 2 aromatic carbocycles. The van der Waals surface area contributed by atoms with Crippen molar-refractivity contribution in [1.82, 2.24) is 10.2 Å². The fourth-order valence-electron chi connectivity index (χ4n) is 1.86. The van der Waals surface area contributed by atoms with Gasteiger partial charge in [0.05, 0.1) is 16.7 Å². The largest absolute Gasteiger partial charge is 0.322 e. The maximum Gasteiger partial charge on any atom is 0.255 e. The van der Waals surface area contributed by atoms with Crippen molar-refractivity contribution in [2.45, 2.75) is 0 Å². The fourth-order valence-corrected chi connectivity index (χ4v) is 2.36. The number of halogens is 2. The van der Waals surface area contributed by atoms with Gasteiger partial charge in [0.15, 0.2) is 0 Å². The van der Waals surface area contributed by atoms with Crippen molar-refractivity contribution in [1.29, 1.82) is 0 Å². The number of aromatic amines is 1. The van der Waals surface area contributed by atoms with Crippen molar-refractivity contribution in [3.63, 3.8) is 0 Å². The molecule has 4 nitrogen and oxygen atoms in total. The van der Waals surface area contributed by atoms with Crippen LogP contribution < -0.4 is 5.32 Å². The van der Waals surface area contributed by atoms with E-state index in [4.69, 9.17) is 11.6 Å². The van der Waals surface area contributed by atoms with Crippen LogP contribution in [0.1, 0.15) is 10.4 Å². The monoisotopic (exact) mass is 349 g/mol. The van der Waals surface area contributed by atoms with E-state index in [9.17, 15) is 4.79 Å². The summed E-state index contributed by atoms with van der Waals surface area (Å²) in [6.07, 6.45) is 1.71. The highest BCUT2D eigenvalue weighted by atomic mass is 79.9. The molecule has 100 valence electrons. The van der Waals surface area contributed by atoms with Crippen molar-refractivity contribution in [3.8, 4) is 0 Å². The van der Waals surface area contributed by atoms with Crippen LogP contribution in [0.5, 0.6) is 0 Å². The quantitative estimate of drug-likeness (QED) is 0.726. The van der Waals surface area contributed by atoms with Crippen LogP contribution >= 0.6 is 27.5 Å². The number of aromatic nitrogens is 2. The summed E-state index contributed by atoms with van der Waals surface area (Å²) in [6.45, 7) is 0. The van der Waals surface area contributed by atoms with Gasteiger partial charge in [-0.05, 0) is 52.3 Å². The van der Waals surface area contributed by atoms with Gasteiger partial charge in [-0.15, -0.1) is 0 Å². The molecule has 0 fully saturated rings. The highest BCUT2D eigenvalue weighted by molar-refractivity contribution is 9.10. The summed E-state index contributed by atoms with van der Waals surface area (Å²) in [5, 5.41) is 11.2. The number of carbonyl (C=O) groups is 1. The smallest absolute Gasteiger partial charge is 0.255 e. The second-order valence-electron chi connectivity index (χ2n) is 4.26. The Bertz CT molecular complexity index is 800. The lowest BCUT2D eigenvalue weighted by Gasteiger charge is -2.06. The third-order valence-electron chi connectivity index (χ3n) is 2.88. The molecule has 0 aliphatic carbocycles. The Morgan fingerprint density at radius 3 is 2.90 bits per heavy atom. The maximum atomic E-state index is 12.2. The predicted octanol–water partition coefficient (Wildman–Crippen LogP) is 4.23. The number of benzene rings is 2. The number of fused-ring (bicyclic) bond motifs is 1.